The quantitative estimate of drug-likeness (QED) is 0.126. The van der Waals surface area contributed by atoms with Crippen molar-refractivity contribution in [3.05, 3.63) is 83.1 Å². The third-order valence-electron chi connectivity index (χ3n) is 8.35. The standard InChI is InChI=1S/C34H36BrN7O3/c1-8-18(3)32-36-15-24(16-37-32)23-12-21(6)31-25(14-23)30(22(7)43)40-41(31)17-29(44)42-26(9-2)20(5)13-27(42)34(45)39-33-19(4)10-11-28(35)38-33/h9-12,14-16,20,26-27H,2-3,8,13,17H2,1,4-7H3,(H,38,39,45)/t20-,26+,27-/m0/s1. The lowest BCUT2D eigenvalue weighted by Crippen LogP contribution is -2.48. The summed E-state index contributed by atoms with van der Waals surface area (Å²) in [5.74, 6) is 0.196. The normalized spacial score (nSPS) is 17.8. The average molecular weight is 671 g/mol. The van der Waals surface area contributed by atoms with Gasteiger partial charge in [0, 0.05) is 30.3 Å². The van der Waals surface area contributed by atoms with E-state index in [1.165, 1.54) is 6.92 Å². The van der Waals surface area contributed by atoms with Gasteiger partial charge in [0.05, 0.1) is 11.6 Å². The molecule has 0 bridgehead atoms. The number of carbonyl (C=O) groups excluding carboxylic acids is 3. The van der Waals surface area contributed by atoms with Crippen LogP contribution in [0, 0.1) is 19.8 Å². The molecule has 1 saturated heterocycles. The van der Waals surface area contributed by atoms with Gasteiger partial charge in [0.2, 0.25) is 11.8 Å². The molecule has 0 saturated carbocycles. The second-order valence-corrected chi connectivity index (χ2v) is 12.4. The maximum atomic E-state index is 14.1. The summed E-state index contributed by atoms with van der Waals surface area (Å²) in [4.78, 5) is 55.3. The summed E-state index contributed by atoms with van der Waals surface area (Å²) in [6, 6.07) is 6.43. The van der Waals surface area contributed by atoms with E-state index in [0.29, 0.717) is 33.6 Å². The highest BCUT2D eigenvalue weighted by Crippen LogP contribution is 2.34. The van der Waals surface area contributed by atoms with E-state index in [2.05, 4.69) is 54.5 Å². The minimum absolute atomic E-state index is 0.00769. The van der Waals surface area contributed by atoms with E-state index < -0.39 is 6.04 Å². The number of aromatic nitrogens is 5. The van der Waals surface area contributed by atoms with Crippen LogP contribution in [-0.2, 0) is 16.1 Å². The lowest BCUT2D eigenvalue weighted by molar-refractivity contribution is -0.138. The summed E-state index contributed by atoms with van der Waals surface area (Å²) in [7, 11) is 0. The number of hydrogen-bond donors (Lipinski definition) is 1. The molecule has 0 unspecified atom stereocenters. The lowest BCUT2D eigenvalue weighted by Gasteiger charge is -2.29. The second kappa shape index (κ2) is 12.8. The van der Waals surface area contributed by atoms with Gasteiger partial charge in [0.15, 0.2) is 11.6 Å². The zero-order valence-electron chi connectivity index (χ0n) is 26.1. The van der Waals surface area contributed by atoms with Crippen molar-refractivity contribution in [1.29, 1.82) is 0 Å². The number of fused-ring (bicyclic) bond motifs is 1. The van der Waals surface area contributed by atoms with E-state index in [9.17, 15) is 14.4 Å². The largest absolute Gasteiger partial charge is 0.322 e. The van der Waals surface area contributed by atoms with Gasteiger partial charge >= 0.3 is 0 Å². The number of halogens is 1. The molecule has 3 aromatic heterocycles. The number of anilines is 1. The van der Waals surface area contributed by atoms with E-state index in [0.717, 1.165) is 34.2 Å². The minimum Gasteiger partial charge on any atom is -0.322 e. The first kappa shape index (κ1) is 31.9. The number of Topliss-reactive ketones (excluding diaryl/α,β-unsaturated/α-hetero) is 1. The van der Waals surface area contributed by atoms with Crippen molar-refractivity contribution in [3.8, 4) is 11.1 Å². The molecule has 1 aromatic carbocycles. The Morgan fingerprint density at radius 3 is 2.47 bits per heavy atom. The molecule has 0 spiro atoms. The van der Waals surface area contributed by atoms with Gasteiger partial charge in [-0.1, -0.05) is 32.6 Å². The topological polar surface area (TPSA) is 123 Å². The van der Waals surface area contributed by atoms with Crippen LogP contribution >= 0.6 is 15.9 Å². The van der Waals surface area contributed by atoms with Gasteiger partial charge in [-0.15, -0.1) is 6.58 Å². The first-order chi connectivity index (χ1) is 21.4. The van der Waals surface area contributed by atoms with Crippen LogP contribution in [-0.4, -0.2) is 59.3 Å². The number of pyridine rings is 1. The van der Waals surface area contributed by atoms with Gasteiger partial charge in [-0.05, 0) is 89.0 Å². The van der Waals surface area contributed by atoms with Crippen LogP contribution in [0.5, 0.6) is 0 Å². The number of rotatable bonds is 9. The van der Waals surface area contributed by atoms with Crippen LogP contribution in [0.1, 0.15) is 61.1 Å². The summed E-state index contributed by atoms with van der Waals surface area (Å²) in [6.07, 6.45) is 6.41. The van der Waals surface area contributed by atoms with Gasteiger partial charge < -0.3 is 10.2 Å². The predicted octanol–water partition coefficient (Wildman–Crippen LogP) is 6.32. The van der Waals surface area contributed by atoms with Gasteiger partial charge in [-0.3, -0.25) is 19.1 Å². The smallest absolute Gasteiger partial charge is 0.248 e. The van der Waals surface area contributed by atoms with Crippen molar-refractivity contribution in [2.45, 2.75) is 66.1 Å². The summed E-state index contributed by atoms with van der Waals surface area (Å²) < 4.78 is 2.16. The van der Waals surface area contributed by atoms with Crippen molar-refractivity contribution >= 4 is 55.8 Å². The SMILES string of the molecule is C=C[C@@H]1[C@@H](C)C[C@@H](C(=O)Nc2nc(Br)ccc2C)N1C(=O)Cn1nc(C(C)=O)c2cc(-c3cnc(C(=C)CC)nc3)cc(C)c21. The molecule has 2 amide bonds. The van der Waals surface area contributed by atoms with E-state index >= 15 is 0 Å². The molecule has 0 aliphatic carbocycles. The third kappa shape index (κ3) is 6.22. The number of amides is 2. The Morgan fingerprint density at radius 1 is 1.11 bits per heavy atom. The molecule has 3 atom stereocenters. The Labute approximate surface area is 270 Å². The first-order valence-corrected chi connectivity index (χ1v) is 15.6. The molecule has 1 fully saturated rings. The fourth-order valence-electron chi connectivity index (χ4n) is 5.93. The van der Waals surface area contributed by atoms with Crippen LogP contribution in [0.3, 0.4) is 0 Å². The monoisotopic (exact) mass is 669 g/mol. The molecular weight excluding hydrogens is 634 g/mol. The van der Waals surface area contributed by atoms with Crippen molar-refractivity contribution < 1.29 is 14.4 Å². The lowest BCUT2D eigenvalue weighted by atomic mass is 10.0. The number of carbonyl (C=O) groups is 3. The zero-order chi connectivity index (χ0) is 32.6. The highest BCUT2D eigenvalue weighted by atomic mass is 79.9. The number of aryl methyl sites for hydroxylation is 2. The Bertz CT molecular complexity index is 1850. The summed E-state index contributed by atoms with van der Waals surface area (Å²) in [5.41, 5.74) is 5.04. The number of allylic oxidation sites excluding steroid dienone is 1. The fraction of sp³-hybridized carbons (Fsp3) is 0.324. The summed E-state index contributed by atoms with van der Waals surface area (Å²) >= 11 is 3.35. The van der Waals surface area contributed by atoms with E-state index in [4.69, 9.17) is 0 Å². The van der Waals surface area contributed by atoms with Crippen LogP contribution < -0.4 is 5.32 Å². The van der Waals surface area contributed by atoms with Crippen molar-refractivity contribution in [2.75, 3.05) is 5.32 Å². The molecule has 4 aromatic rings. The Morgan fingerprint density at radius 2 is 1.82 bits per heavy atom. The van der Waals surface area contributed by atoms with Gasteiger partial charge in [-0.2, -0.15) is 5.10 Å². The molecular formula is C34H36BrN7O3. The Hall–Kier alpha value is -4.51. The van der Waals surface area contributed by atoms with E-state index in [1.54, 1.807) is 34.1 Å². The first-order valence-electron chi connectivity index (χ1n) is 14.8. The molecule has 5 rings (SSSR count). The fourth-order valence-corrected chi connectivity index (χ4v) is 6.24. The Balaban J connectivity index is 1.48. The van der Waals surface area contributed by atoms with Crippen LogP contribution in [0.25, 0.3) is 27.6 Å². The maximum absolute atomic E-state index is 14.1. The molecule has 0 radical (unpaired) electrons. The van der Waals surface area contributed by atoms with Crippen LogP contribution in [0.4, 0.5) is 5.82 Å². The molecule has 4 heterocycles. The molecule has 1 aliphatic rings. The number of benzene rings is 1. The molecule has 232 valence electrons. The van der Waals surface area contributed by atoms with E-state index in [1.807, 2.05) is 45.9 Å². The third-order valence-corrected chi connectivity index (χ3v) is 8.79. The number of ketones is 1. The zero-order valence-corrected chi connectivity index (χ0v) is 27.7. The number of likely N-dealkylation sites (tertiary alicyclic amines) is 1. The maximum Gasteiger partial charge on any atom is 0.248 e. The van der Waals surface area contributed by atoms with Crippen molar-refractivity contribution in [1.82, 2.24) is 29.6 Å². The van der Waals surface area contributed by atoms with Gasteiger partial charge in [0.1, 0.15) is 28.7 Å². The molecule has 10 nitrogen and oxygen atoms in total. The van der Waals surface area contributed by atoms with Crippen molar-refractivity contribution in [3.63, 3.8) is 0 Å². The molecule has 1 aliphatic heterocycles. The van der Waals surface area contributed by atoms with Crippen LogP contribution in [0.15, 0.2) is 60.5 Å². The number of hydrogen-bond acceptors (Lipinski definition) is 7. The van der Waals surface area contributed by atoms with Crippen LogP contribution in [0.2, 0.25) is 0 Å². The molecule has 1 N–H and O–H groups in total. The summed E-state index contributed by atoms with van der Waals surface area (Å²) in [5, 5.41) is 8.15. The average Bonchev–Trinajstić information content (AvgIpc) is 3.56. The molecule has 45 heavy (non-hydrogen) atoms. The number of nitrogens with one attached hydrogen (secondary N) is 1. The number of nitrogens with zero attached hydrogens (tertiary/aromatic N) is 6. The van der Waals surface area contributed by atoms with Gasteiger partial charge in [-0.25, -0.2) is 15.0 Å². The minimum atomic E-state index is -0.732. The summed E-state index contributed by atoms with van der Waals surface area (Å²) in [6.45, 7) is 17.0. The highest BCUT2D eigenvalue weighted by Gasteiger charge is 2.44. The van der Waals surface area contributed by atoms with Crippen molar-refractivity contribution in [2.24, 2.45) is 5.92 Å². The van der Waals surface area contributed by atoms with Gasteiger partial charge in [0.25, 0.3) is 0 Å². The van der Waals surface area contributed by atoms with E-state index in [-0.39, 0.29) is 41.8 Å². The predicted molar refractivity (Wildman–Crippen MR) is 179 cm³/mol. The Kier molecular flexibility index (Phi) is 9.11. The highest BCUT2D eigenvalue weighted by molar-refractivity contribution is 9.10. The molecule has 11 heteroatoms. The second-order valence-electron chi connectivity index (χ2n) is 11.5.